The SMILES string of the molecule is CC(C)CC(NC(=O)C(CC(C)C)NC(=O)C(Cc1cnc[nH]1)NC(=O)Cn1c(=O)n(CCNC(=O)C(Cc2c[nH]c3ccccc23)NC(=O)C(CCC(N)=O)NC(=O)[C@H](N)Cc2ccccc2)c(=O)c2ccccc21)C(N)=O. The van der Waals surface area contributed by atoms with Crippen LogP contribution in [0.1, 0.15) is 70.2 Å². The van der Waals surface area contributed by atoms with E-state index in [2.05, 4.69) is 46.9 Å². The number of amides is 8. The Hall–Kier alpha value is -8.93. The van der Waals surface area contributed by atoms with Crippen molar-refractivity contribution >= 4 is 69.1 Å². The number of nitrogens with zero attached hydrogens (tertiary/aromatic N) is 3. The summed E-state index contributed by atoms with van der Waals surface area (Å²) in [6.07, 6.45) is 4.42. The van der Waals surface area contributed by atoms with Crippen molar-refractivity contribution in [3.63, 3.8) is 0 Å². The van der Waals surface area contributed by atoms with Crippen LogP contribution >= 0.6 is 0 Å². The van der Waals surface area contributed by atoms with Gasteiger partial charge in [-0.2, -0.15) is 0 Å². The lowest BCUT2D eigenvalue weighted by Crippen LogP contribution is -2.57. The van der Waals surface area contributed by atoms with Crippen molar-refractivity contribution in [2.24, 2.45) is 29.0 Å². The lowest BCUT2D eigenvalue weighted by Gasteiger charge is -2.26. The molecule has 0 radical (unpaired) electrons. The Morgan fingerprint density at radius 2 is 1.22 bits per heavy atom. The fourth-order valence-corrected chi connectivity index (χ4v) is 9.11. The van der Waals surface area contributed by atoms with Crippen molar-refractivity contribution in [1.82, 2.24) is 56.0 Å². The van der Waals surface area contributed by atoms with Gasteiger partial charge in [-0.25, -0.2) is 9.78 Å². The largest absolute Gasteiger partial charge is 0.370 e. The van der Waals surface area contributed by atoms with Crippen molar-refractivity contribution in [3.05, 3.63) is 135 Å². The molecule has 0 aliphatic heterocycles. The number of nitrogens with two attached hydrogens (primary N) is 3. The molecule has 0 bridgehead atoms. The van der Waals surface area contributed by atoms with E-state index in [1.165, 1.54) is 24.7 Å². The predicted octanol–water partition coefficient (Wildman–Crippen LogP) is -0.194. The van der Waals surface area contributed by atoms with E-state index in [0.29, 0.717) is 11.3 Å². The van der Waals surface area contributed by atoms with E-state index >= 15 is 0 Å². The van der Waals surface area contributed by atoms with Gasteiger partial charge in [-0.3, -0.25) is 52.3 Å². The summed E-state index contributed by atoms with van der Waals surface area (Å²) in [5.74, 6) is -5.99. The zero-order valence-corrected chi connectivity index (χ0v) is 44.6. The molecule has 0 saturated carbocycles. The zero-order valence-electron chi connectivity index (χ0n) is 44.6. The maximum absolute atomic E-state index is 14.4. The average molecular weight is 1090 g/mol. The number of imidazole rings is 1. The number of primary amides is 2. The van der Waals surface area contributed by atoms with E-state index in [4.69, 9.17) is 17.2 Å². The van der Waals surface area contributed by atoms with Gasteiger partial charge in [-0.15, -0.1) is 0 Å². The number of benzene rings is 3. The number of fused-ring (bicyclic) bond motifs is 2. The van der Waals surface area contributed by atoms with E-state index in [0.717, 1.165) is 25.6 Å². The maximum Gasteiger partial charge on any atom is 0.332 e. The van der Waals surface area contributed by atoms with Crippen LogP contribution in [0.15, 0.2) is 107 Å². The molecule has 3 heterocycles. The molecule has 0 aliphatic carbocycles. The van der Waals surface area contributed by atoms with Gasteiger partial charge in [-0.1, -0.05) is 88.4 Å². The molecule has 0 saturated heterocycles. The van der Waals surface area contributed by atoms with Crippen LogP contribution < -0.4 is 60.4 Å². The standard InChI is InChI=1S/C55H70N14O10/c1-31(2)22-41(48(58)72)65-52(76)42(23-32(3)4)66-53(77)44(26-35-28-59-30-62-35)63-47(71)29-69-45-17-11-9-15-37(45)54(78)68(55(69)79)21-20-60-50(74)43(25-34-27-61-39-16-10-8-14-36(34)39)67-51(75)40(18-19-46(57)70)64-49(73)38(56)24-33-12-6-5-7-13-33/h5-17,27-28,30-32,38,40-44,61H,18-26,29,56H2,1-4H3,(H2,57,70)(H2,58,72)(H,59,62)(H,60,74)(H,63,71)(H,64,73)(H,65,76)(H,66,77)(H,67,75)/t38-,40?,41?,42?,43?,44?/m1/s1. The number of para-hydroxylation sites is 2. The Kier molecular flexibility index (Phi) is 21.0. The summed E-state index contributed by atoms with van der Waals surface area (Å²) in [6, 6.07) is 15.2. The first-order chi connectivity index (χ1) is 37.7. The first-order valence-corrected chi connectivity index (χ1v) is 26.1. The van der Waals surface area contributed by atoms with Gasteiger partial charge in [-0.05, 0) is 66.8 Å². The van der Waals surface area contributed by atoms with Gasteiger partial charge in [0.1, 0.15) is 36.8 Å². The third-order valence-corrected chi connectivity index (χ3v) is 13.1. The molecule has 0 aliphatic rings. The van der Waals surface area contributed by atoms with Crippen LogP contribution in [0.25, 0.3) is 21.8 Å². The van der Waals surface area contributed by atoms with Crippen molar-refractivity contribution in [2.45, 2.75) is 122 Å². The molecule has 5 unspecified atom stereocenters. The highest BCUT2D eigenvalue weighted by Crippen LogP contribution is 2.20. The minimum atomic E-state index is -1.34. The quantitative estimate of drug-likeness (QED) is 0.0291. The highest BCUT2D eigenvalue weighted by Gasteiger charge is 2.32. The number of H-pyrrole nitrogens is 2. The number of aromatic amines is 2. The van der Waals surface area contributed by atoms with E-state index in [1.807, 2.05) is 52.0 Å². The van der Waals surface area contributed by atoms with Crippen LogP contribution in [0.3, 0.4) is 0 Å². The van der Waals surface area contributed by atoms with E-state index < -0.39 is 108 Å². The van der Waals surface area contributed by atoms with Crippen LogP contribution in [-0.2, 0) is 70.7 Å². The monoisotopic (exact) mass is 1090 g/mol. The molecule has 6 rings (SSSR count). The highest BCUT2D eigenvalue weighted by atomic mass is 16.2. The van der Waals surface area contributed by atoms with E-state index in [1.54, 1.807) is 48.7 Å². The normalized spacial score (nSPS) is 13.7. The van der Waals surface area contributed by atoms with Gasteiger partial charge in [0.05, 0.1) is 23.3 Å². The molecule has 14 N–H and O–H groups in total. The fourth-order valence-electron chi connectivity index (χ4n) is 9.11. The Morgan fingerprint density at radius 1 is 0.620 bits per heavy atom. The van der Waals surface area contributed by atoms with Crippen molar-refractivity contribution in [2.75, 3.05) is 6.54 Å². The second-order valence-corrected chi connectivity index (χ2v) is 20.3. The molecule has 0 spiro atoms. The molecular weight excluding hydrogens is 1020 g/mol. The van der Waals surface area contributed by atoms with Gasteiger partial charge in [0.25, 0.3) is 5.56 Å². The molecule has 24 nitrogen and oxygen atoms in total. The maximum atomic E-state index is 14.4. The van der Waals surface area contributed by atoms with Crippen molar-refractivity contribution in [3.8, 4) is 0 Å². The van der Waals surface area contributed by atoms with Gasteiger partial charge in [0.15, 0.2) is 0 Å². The molecule has 420 valence electrons. The van der Waals surface area contributed by atoms with Crippen molar-refractivity contribution < 1.29 is 38.4 Å². The number of hydrogen-bond acceptors (Lipinski definition) is 12. The second kappa shape index (κ2) is 27.9. The summed E-state index contributed by atoms with van der Waals surface area (Å²) >= 11 is 0. The lowest BCUT2D eigenvalue weighted by atomic mass is 9.99. The first-order valence-electron chi connectivity index (χ1n) is 26.1. The molecule has 0 fully saturated rings. The van der Waals surface area contributed by atoms with Gasteiger partial charge < -0.3 is 59.1 Å². The van der Waals surface area contributed by atoms with Crippen molar-refractivity contribution in [1.29, 1.82) is 0 Å². The number of aromatic nitrogens is 5. The number of carbonyl (C=O) groups is 8. The van der Waals surface area contributed by atoms with Gasteiger partial charge >= 0.3 is 5.69 Å². The molecule has 24 heteroatoms. The summed E-state index contributed by atoms with van der Waals surface area (Å²) in [5, 5.41) is 16.9. The average Bonchev–Trinajstić information content (AvgIpc) is 4.19. The Bertz CT molecular complexity index is 3240. The number of nitrogens with one attached hydrogen (secondary N) is 8. The minimum absolute atomic E-state index is 0.0121. The fraction of sp³-hybridized carbons (Fsp3) is 0.400. The Balaban J connectivity index is 1.21. The Morgan fingerprint density at radius 3 is 1.89 bits per heavy atom. The number of rotatable bonds is 29. The van der Waals surface area contributed by atoms with E-state index in [9.17, 15) is 47.9 Å². The summed E-state index contributed by atoms with van der Waals surface area (Å²) in [5.41, 5.74) is 18.4. The second-order valence-electron chi connectivity index (χ2n) is 20.3. The summed E-state index contributed by atoms with van der Waals surface area (Å²) < 4.78 is 1.90. The van der Waals surface area contributed by atoms with E-state index in [-0.39, 0.29) is 74.2 Å². The Labute approximate surface area is 454 Å². The van der Waals surface area contributed by atoms with Crippen LogP contribution in [0.2, 0.25) is 0 Å². The molecule has 8 amide bonds. The highest BCUT2D eigenvalue weighted by molar-refractivity contribution is 5.96. The van der Waals surface area contributed by atoms with Crippen LogP contribution in [0.5, 0.6) is 0 Å². The summed E-state index contributed by atoms with van der Waals surface area (Å²) in [7, 11) is 0. The van der Waals surface area contributed by atoms with Crippen LogP contribution in [0.4, 0.5) is 0 Å². The summed E-state index contributed by atoms with van der Waals surface area (Å²) in [4.78, 5) is 146. The first kappa shape index (κ1) is 59.3. The molecule has 6 atom stereocenters. The molecule has 79 heavy (non-hydrogen) atoms. The smallest absolute Gasteiger partial charge is 0.332 e. The third kappa shape index (κ3) is 16.8. The molecule has 6 aromatic rings. The molecular formula is C55H70N14O10. The lowest BCUT2D eigenvalue weighted by molar-refractivity contribution is -0.133. The van der Waals surface area contributed by atoms with Gasteiger partial charge in [0, 0.05) is 61.3 Å². The topological polar surface area (TPSA) is 375 Å². The number of hydrogen-bond donors (Lipinski definition) is 11. The minimum Gasteiger partial charge on any atom is -0.370 e. The van der Waals surface area contributed by atoms with Crippen LogP contribution in [0, 0.1) is 11.8 Å². The number of carbonyl (C=O) groups excluding carboxylic acids is 8. The molecule has 3 aromatic carbocycles. The van der Waals surface area contributed by atoms with Gasteiger partial charge in [0.2, 0.25) is 47.3 Å². The zero-order chi connectivity index (χ0) is 57.3. The molecule has 3 aromatic heterocycles. The predicted molar refractivity (Wildman–Crippen MR) is 294 cm³/mol. The van der Waals surface area contributed by atoms with Crippen LogP contribution in [-0.4, -0.2) is 114 Å². The third-order valence-electron chi connectivity index (χ3n) is 13.1. The summed E-state index contributed by atoms with van der Waals surface area (Å²) in [6.45, 7) is 6.00.